The van der Waals surface area contributed by atoms with Crippen LogP contribution in [0.1, 0.15) is 5.56 Å². The van der Waals surface area contributed by atoms with E-state index < -0.39 is 0 Å². The Morgan fingerprint density at radius 3 is 3.15 bits per heavy atom. The summed E-state index contributed by atoms with van der Waals surface area (Å²) in [6.07, 6.45) is 0.992. The average Bonchev–Trinajstić information content (AvgIpc) is 2.17. The van der Waals surface area contributed by atoms with Crippen molar-refractivity contribution < 1.29 is 4.74 Å². The van der Waals surface area contributed by atoms with Crippen LogP contribution in [0, 0.1) is 0 Å². The van der Waals surface area contributed by atoms with Crippen LogP contribution in [0.15, 0.2) is 23.1 Å². The van der Waals surface area contributed by atoms with Crippen molar-refractivity contribution in [3.63, 3.8) is 0 Å². The average molecular weight is 195 g/mol. The van der Waals surface area contributed by atoms with Crippen LogP contribution in [0.5, 0.6) is 5.75 Å². The summed E-state index contributed by atoms with van der Waals surface area (Å²) in [5.74, 6) is 1.95. The standard InChI is InChI=1S/C10H13NOS/c1-12-9-3-2-7-4-8(11)6-13-10(7)5-9/h2-3,5,8H,4,6,11H2,1H3/t8-/m0/s1. The molecule has 1 aromatic rings. The van der Waals surface area contributed by atoms with Gasteiger partial charge >= 0.3 is 0 Å². The summed E-state index contributed by atoms with van der Waals surface area (Å²) in [5.41, 5.74) is 7.22. The molecular weight excluding hydrogens is 182 g/mol. The van der Waals surface area contributed by atoms with E-state index in [9.17, 15) is 0 Å². The predicted molar refractivity (Wildman–Crippen MR) is 55.4 cm³/mol. The summed E-state index contributed by atoms with van der Waals surface area (Å²) < 4.78 is 5.16. The largest absolute Gasteiger partial charge is 0.497 e. The van der Waals surface area contributed by atoms with Crippen LogP contribution in [0.25, 0.3) is 0 Å². The number of hydrogen-bond donors (Lipinski definition) is 1. The zero-order valence-electron chi connectivity index (χ0n) is 7.62. The van der Waals surface area contributed by atoms with E-state index in [0.29, 0.717) is 6.04 Å². The van der Waals surface area contributed by atoms with Gasteiger partial charge in [0.1, 0.15) is 5.75 Å². The molecule has 0 fully saturated rings. The first kappa shape index (κ1) is 8.91. The maximum Gasteiger partial charge on any atom is 0.119 e. The second-order valence-corrected chi connectivity index (χ2v) is 4.31. The molecule has 1 aliphatic heterocycles. The third kappa shape index (κ3) is 1.81. The zero-order valence-corrected chi connectivity index (χ0v) is 8.43. The number of nitrogens with two attached hydrogens (primary N) is 1. The highest BCUT2D eigenvalue weighted by atomic mass is 32.2. The number of rotatable bonds is 1. The van der Waals surface area contributed by atoms with Crippen molar-refractivity contribution in [2.45, 2.75) is 17.4 Å². The molecule has 70 valence electrons. The number of thioether (sulfide) groups is 1. The van der Waals surface area contributed by atoms with Crippen LogP contribution in [-0.2, 0) is 6.42 Å². The minimum atomic E-state index is 0.311. The lowest BCUT2D eigenvalue weighted by Crippen LogP contribution is -2.28. The van der Waals surface area contributed by atoms with Gasteiger partial charge in [0.15, 0.2) is 0 Å². The highest BCUT2D eigenvalue weighted by Gasteiger charge is 2.15. The Kier molecular flexibility index (Phi) is 2.47. The molecule has 2 N–H and O–H groups in total. The lowest BCUT2D eigenvalue weighted by molar-refractivity contribution is 0.413. The molecule has 1 aliphatic rings. The summed E-state index contributed by atoms with van der Waals surface area (Å²) in [4.78, 5) is 1.32. The fourth-order valence-electron chi connectivity index (χ4n) is 1.50. The fourth-order valence-corrected chi connectivity index (χ4v) is 2.55. The van der Waals surface area contributed by atoms with Gasteiger partial charge in [0, 0.05) is 16.7 Å². The Bertz CT molecular complexity index is 314. The summed E-state index contributed by atoms with van der Waals surface area (Å²) in [5, 5.41) is 0. The molecule has 1 heterocycles. The normalized spacial score (nSPS) is 20.9. The first-order chi connectivity index (χ1) is 6.29. The van der Waals surface area contributed by atoms with Crippen molar-refractivity contribution >= 4 is 11.8 Å². The van der Waals surface area contributed by atoms with E-state index in [2.05, 4.69) is 12.1 Å². The lowest BCUT2D eigenvalue weighted by Gasteiger charge is -2.20. The van der Waals surface area contributed by atoms with E-state index in [1.165, 1.54) is 10.5 Å². The van der Waals surface area contributed by atoms with Crippen LogP contribution in [0.2, 0.25) is 0 Å². The Balaban J connectivity index is 2.31. The van der Waals surface area contributed by atoms with Crippen molar-refractivity contribution in [1.82, 2.24) is 0 Å². The van der Waals surface area contributed by atoms with Gasteiger partial charge in [0.05, 0.1) is 7.11 Å². The van der Waals surface area contributed by atoms with Gasteiger partial charge in [-0.05, 0) is 24.1 Å². The quantitative estimate of drug-likeness (QED) is 0.740. The highest BCUT2D eigenvalue weighted by Crippen LogP contribution is 2.32. The van der Waals surface area contributed by atoms with Crippen molar-refractivity contribution in [2.24, 2.45) is 5.73 Å². The molecule has 0 aromatic heterocycles. The molecule has 0 unspecified atom stereocenters. The summed E-state index contributed by atoms with van der Waals surface area (Å²) in [7, 11) is 1.70. The topological polar surface area (TPSA) is 35.2 Å². The van der Waals surface area contributed by atoms with Crippen LogP contribution < -0.4 is 10.5 Å². The van der Waals surface area contributed by atoms with Gasteiger partial charge in [-0.1, -0.05) is 6.07 Å². The molecule has 0 spiro atoms. The molecule has 13 heavy (non-hydrogen) atoms. The third-order valence-corrected chi connectivity index (χ3v) is 3.50. The minimum absolute atomic E-state index is 0.311. The van der Waals surface area contributed by atoms with Gasteiger partial charge in [-0.2, -0.15) is 0 Å². The van der Waals surface area contributed by atoms with E-state index in [4.69, 9.17) is 10.5 Å². The van der Waals surface area contributed by atoms with Crippen molar-refractivity contribution in [2.75, 3.05) is 12.9 Å². The zero-order chi connectivity index (χ0) is 9.26. The molecule has 1 atom stereocenters. The van der Waals surface area contributed by atoms with Gasteiger partial charge in [0.25, 0.3) is 0 Å². The molecule has 0 bridgehead atoms. The molecule has 0 saturated carbocycles. The number of hydrogen-bond acceptors (Lipinski definition) is 3. The van der Waals surface area contributed by atoms with E-state index in [1.54, 1.807) is 7.11 Å². The van der Waals surface area contributed by atoms with Gasteiger partial charge in [-0.3, -0.25) is 0 Å². The first-order valence-electron chi connectivity index (χ1n) is 4.35. The molecule has 3 heteroatoms. The molecule has 2 rings (SSSR count). The van der Waals surface area contributed by atoms with Gasteiger partial charge in [0.2, 0.25) is 0 Å². The number of ether oxygens (including phenoxy) is 1. The molecule has 0 amide bonds. The summed E-state index contributed by atoms with van der Waals surface area (Å²) >= 11 is 1.82. The van der Waals surface area contributed by atoms with E-state index in [0.717, 1.165) is 17.9 Å². The van der Waals surface area contributed by atoms with Crippen molar-refractivity contribution in [3.8, 4) is 5.75 Å². The second-order valence-electron chi connectivity index (χ2n) is 3.25. The maximum absolute atomic E-state index is 5.87. The van der Waals surface area contributed by atoms with E-state index >= 15 is 0 Å². The van der Waals surface area contributed by atoms with Gasteiger partial charge in [-0.25, -0.2) is 0 Å². The number of benzene rings is 1. The van der Waals surface area contributed by atoms with E-state index in [1.807, 2.05) is 17.8 Å². The highest BCUT2D eigenvalue weighted by molar-refractivity contribution is 7.99. The molecule has 0 radical (unpaired) electrons. The predicted octanol–water partition coefficient (Wildman–Crippen LogP) is 1.67. The fraction of sp³-hybridized carbons (Fsp3) is 0.400. The third-order valence-electron chi connectivity index (χ3n) is 2.21. The summed E-state index contributed by atoms with van der Waals surface area (Å²) in [6, 6.07) is 6.51. The Hall–Kier alpha value is -0.670. The first-order valence-corrected chi connectivity index (χ1v) is 5.33. The van der Waals surface area contributed by atoms with Crippen LogP contribution in [0.4, 0.5) is 0 Å². The van der Waals surface area contributed by atoms with Crippen molar-refractivity contribution in [1.29, 1.82) is 0 Å². The van der Waals surface area contributed by atoms with Gasteiger partial charge < -0.3 is 10.5 Å². The van der Waals surface area contributed by atoms with Crippen LogP contribution in [0.3, 0.4) is 0 Å². The Labute approximate surface area is 82.5 Å². The van der Waals surface area contributed by atoms with Crippen LogP contribution >= 0.6 is 11.8 Å². The van der Waals surface area contributed by atoms with Crippen LogP contribution in [-0.4, -0.2) is 18.9 Å². The molecule has 0 aliphatic carbocycles. The SMILES string of the molecule is COc1ccc2c(c1)SC[C@@H](N)C2. The molecule has 2 nitrogen and oxygen atoms in total. The van der Waals surface area contributed by atoms with E-state index in [-0.39, 0.29) is 0 Å². The van der Waals surface area contributed by atoms with Crippen molar-refractivity contribution in [3.05, 3.63) is 23.8 Å². The second kappa shape index (κ2) is 3.60. The monoisotopic (exact) mass is 195 g/mol. The molecule has 0 saturated heterocycles. The van der Waals surface area contributed by atoms with Gasteiger partial charge in [-0.15, -0.1) is 11.8 Å². The smallest absolute Gasteiger partial charge is 0.119 e. The Morgan fingerprint density at radius 1 is 1.54 bits per heavy atom. The number of methoxy groups -OCH3 is 1. The minimum Gasteiger partial charge on any atom is -0.497 e. The Morgan fingerprint density at radius 2 is 2.38 bits per heavy atom. The molecular formula is C10H13NOS. The number of fused-ring (bicyclic) bond motifs is 1. The lowest BCUT2D eigenvalue weighted by atomic mass is 10.1. The molecule has 1 aromatic carbocycles. The maximum atomic E-state index is 5.87. The summed E-state index contributed by atoms with van der Waals surface area (Å²) in [6.45, 7) is 0.